The van der Waals surface area contributed by atoms with Gasteiger partial charge in [0.25, 0.3) is 5.91 Å². The molecule has 0 aliphatic rings. The Balaban J connectivity index is 0.00000134. The Kier molecular flexibility index (Phi) is 8.82. The van der Waals surface area contributed by atoms with Gasteiger partial charge in [-0.05, 0) is 26.0 Å². The number of amides is 1. The van der Waals surface area contributed by atoms with Crippen LogP contribution in [-0.2, 0) is 6.18 Å². The normalized spacial score (nSPS) is 10.7. The van der Waals surface area contributed by atoms with E-state index < -0.39 is 29.6 Å². The molecular formula is C16H23F4N3OS. The van der Waals surface area contributed by atoms with Crippen LogP contribution < -0.4 is 5.73 Å². The zero-order chi connectivity index (χ0) is 19.9. The second-order valence-corrected chi connectivity index (χ2v) is 5.66. The third-order valence-corrected chi connectivity index (χ3v) is 3.82. The molecule has 2 rings (SSSR count). The second-order valence-electron chi connectivity index (χ2n) is 4.60. The predicted molar refractivity (Wildman–Crippen MR) is 92.1 cm³/mol. The van der Waals surface area contributed by atoms with Crippen molar-refractivity contribution in [1.82, 2.24) is 9.78 Å². The van der Waals surface area contributed by atoms with Crippen molar-refractivity contribution in [1.29, 1.82) is 0 Å². The van der Waals surface area contributed by atoms with E-state index in [4.69, 9.17) is 5.73 Å². The number of carbonyl (C=O) groups is 1. The molecule has 0 radical (unpaired) electrons. The Morgan fingerprint density at radius 2 is 1.72 bits per heavy atom. The summed E-state index contributed by atoms with van der Waals surface area (Å²) in [5.41, 5.74) is 3.90. The average molecular weight is 381 g/mol. The summed E-state index contributed by atoms with van der Waals surface area (Å²) < 4.78 is 53.2. The highest BCUT2D eigenvalue weighted by Gasteiger charge is 2.36. The third-order valence-electron chi connectivity index (χ3n) is 2.68. The summed E-state index contributed by atoms with van der Waals surface area (Å²) in [5.74, 6) is -1.64. The van der Waals surface area contributed by atoms with Gasteiger partial charge in [-0.25, -0.2) is 4.39 Å². The van der Waals surface area contributed by atoms with E-state index in [0.717, 1.165) is 16.8 Å². The van der Waals surface area contributed by atoms with Gasteiger partial charge in [0.15, 0.2) is 5.69 Å². The lowest BCUT2D eigenvalue weighted by molar-refractivity contribution is -0.141. The molecule has 2 heterocycles. The van der Waals surface area contributed by atoms with Crippen molar-refractivity contribution >= 4 is 17.2 Å². The van der Waals surface area contributed by atoms with Crippen molar-refractivity contribution in [2.24, 2.45) is 5.73 Å². The number of alkyl halides is 3. The highest BCUT2D eigenvalue weighted by Crippen LogP contribution is 2.37. The maximum absolute atomic E-state index is 13.9. The number of aromatic nitrogens is 2. The van der Waals surface area contributed by atoms with Crippen LogP contribution in [0.3, 0.4) is 0 Å². The minimum Gasteiger partial charge on any atom is -0.365 e. The maximum atomic E-state index is 13.9. The number of hydrogen-bond donors (Lipinski definition) is 1. The summed E-state index contributed by atoms with van der Waals surface area (Å²) in [5, 5.41) is 3.47. The summed E-state index contributed by atoms with van der Waals surface area (Å²) in [6.45, 7) is 11.2. The molecule has 1 amide bonds. The molecular weight excluding hydrogens is 358 g/mol. The Hall–Kier alpha value is -1.90. The molecule has 2 aromatic rings. The number of halogens is 4. The topological polar surface area (TPSA) is 60.9 Å². The fourth-order valence-electron chi connectivity index (χ4n) is 1.76. The van der Waals surface area contributed by atoms with Crippen LogP contribution in [-0.4, -0.2) is 15.7 Å². The molecule has 0 bridgehead atoms. The number of rotatable bonds is 3. The van der Waals surface area contributed by atoms with Gasteiger partial charge < -0.3 is 5.73 Å². The lowest BCUT2D eigenvalue weighted by Crippen LogP contribution is -2.09. The zero-order valence-electron chi connectivity index (χ0n) is 15.0. The van der Waals surface area contributed by atoms with Crippen molar-refractivity contribution < 1.29 is 22.4 Å². The molecule has 4 nitrogen and oxygen atoms in total. The lowest BCUT2D eigenvalue weighted by Gasteiger charge is -2.09. The van der Waals surface area contributed by atoms with Crippen LogP contribution >= 0.6 is 11.3 Å². The summed E-state index contributed by atoms with van der Waals surface area (Å²) in [6, 6.07) is 1.27. The standard InChI is InChI=1S/C12H11F4N3OS.2C2H6/c1-5(2)19-7(4-9(18-19)12(14,15)16)10-6(13)3-8(21-10)11(17)20;2*1-2/h3-5H,1-2H3,(H2,17,20);2*1-2H3. The van der Waals surface area contributed by atoms with E-state index in [0.29, 0.717) is 11.3 Å². The molecule has 9 heteroatoms. The first kappa shape index (κ1) is 23.1. The van der Waals surface area contributed by atoms with Crippen LogP contribution in [0.4, 0.5) is 17.6 Å². The molecule has 142 valence electrons. The van der Waals surface area contributed by atoms with Crippen molar-refractivity contribution in [2.45, 2.75) is 53.8 Å². The second kappa shape index (κ2) is 9.55. The van der Waals surface area contributed by atoms with Gasteiger partial charge in [0.2, 0.25) is 0 Å². The Morgan fingerprint density at radius 3 is 2.08 bits per heavy atom. The highest BCUT2D eigenvalue weighted by molar-refractivity contribution is 7.17. The number of nitrogens with zero attached hydrogens (tertiary/aromatic N) is 2. The van der Waals surface area contributed by atoms with Gasteiger partial charge in [-0.2, -0.15) is 18.3 Å². The quantitative estimate of drug-likeness (QED) is 0.714. The third kappa shape index (κ3) is 5.55. The number of hydrogen-bond acceptors (Lipinski definition) is 3. The van der Waals surface area contributed by atoms with E-state index >= 15 is 0 Å². The average Bonchev–Trinajstić information content (AvgIpc) is 3.14. The van der Waals surface area contributed by atoms with Crippen molar-refractivity contribution in [3.8, 4) is 10.6 Å². The van der Waals surface area contributed by atoms with E-state index in [1.54, 1.807) is 13.8 Å². The smallest absolute Gasteiger partial charge is 0.365 e. The van der Waals surface area contributed by atoms with E-state index in [1.165, 1.54) is 0 Å². The summed E-state index contributed by atoms with van der Waals surface area (Å²) in [6.07, 6.45) is -4.63. The first-order valence-corrected chi connectivity index (χ1v) is 8.69. The van der Waals surface area contributed by atoms with Gasteiger partial charge >= 0.3 is 6.18 Å². The van der Waals surface area contributed by atoms with E-state index in [2.05, 4.69) is 5.10 Å². The van der Waals surface area contributed by atoms with Crippen LogP contribution in [0.25, 0.3) is 10.6 Å². The molecule has 0 aromatic carbocycles. The number of primary amides is 1. The molecule has 0 spiro atoms. The number of nitrogens with two attached hydrogens (primary N) is 1. The minimum absolute atomic E-state index is 0.0349. The zero-order valence-corrected chi connectivity index (χ0v) is 15.8. The van der Waals surface area contributed by atoms with Gasteiger partial charge in [0.1, 0.15) is 5.82 Å². The Morgan fingerprint density at radius 1 is 1.20 bits per heavy atom. The fourth-order valence-corrected chi connectivity index (χ4v) is 2.66. The molecule has 0 atom stereocenters. The molecule has 0 unspecified atom stereocenters. The van der Waals surface area contributed by atoms with Crippen molar-refractivity contribution in [3.63, 3.8) is 0 Å². The lowest BCUT2D eigenvalue weighted by atomic mass is 10.2. The van der Waals surface area contributed by atoms with Crippen LogP contribution in [0, 0.1) is 5.82 Å². The molecule has 0 fully saturated rings. The van der Waals surface area contributed by atoms with Gasteiger partial charge in [0.05, 0.1) is 15.4 Å². The van der Waals surface area contributed by atoms with Crippen molar-refractivity contribution in [2.75, 3.05) is 0 Å². The Bertz CT molecular complexity index is 690. The number of thiophene rings is 1. The van der Waals surface area contributed by atoms with Crippen molar-refractivity contribution in [3.05, 3.63) is 28.5 Å². The molecule has 0 aliphatic carbocycles. The summed E-state index contributed by atoms with van der Waals surface area (Å²) in [4.78, 5) is 10.9. The monoisotopic (exact) mass is 381 g/mol. The van der Waals surface area contributed by atoms with Gasteiger partial charge in [0, 0.05) is 6.04 Å². The molecule has 25 heavy (non-hydrogen) atoms. The van der Waals surface area contributed by atoms with E-state index in [-0.39, 0.29) is 15.4 Å². The van der Waals surface area contributed by atoms with E-state index in [1.807, 2.05) is 27.7 Å². The van der Waals surface area contributed by atoms with E-state index in [9.17, 15) is 22.4 Å². The minimum atomic E-state index is -4.63. The number of carbonyl (C=O) groups excluding carboxylic acids is 1. The summed E-state index contributed by atoms with van der Waals surface area (Å²) in [7, 11) is 0. The molecule has 2 aromatic heterocycles. The Labute approximate surface area is 148 Å². The molecule has 0 saturated carbocycles. The maximum Gasteiger partial charge on any atom is 0.435 e. The molecule has 2 N–H and O–H groups in total. The van der Waals surface area contributed by atoms with Gasteiger partial charge in [-0.15, -0.1) is 11.3 Å². The summed E-state index contributed by atoms with van der Waals surface area (Å²) >= 11 is 0.699. The molecule has 0 saturated heterocycles. The van der Waals surface area contributed by atoms with Crippen LogP contribution in [0.1, 0.15) is 62.9 Å². The SMILES string of the molecule is CC.CC.CC(C)n1nc(C(F)(F)F)cc1-c1sc(C(N)=O)cc1F. The van der Waals surface area contributed by atoms with Crippen LogP contribution in [0.15, 0.2) is 12.1 Å². The predicted octanol–water partition coefficient (Wildman–Crippen LogP) is 5.50. The largest absolute Gasteiger partial charge is 0.435 e. The fraction of sp³-hybridized carbons (Fsp3) is 0.500. The first-order valence-electron chi connectivity index (χ1n) is 7.87. The van der Waals surface area contributed by atoms with Crippen LogP contribution in [0.2, 0.25) is 0 Å². The first-order chi connectivity index (χ1) is 11.6. The van der Waals surface area contributed by atoms with Gasteiger partial charge in [-0.3, -0.25) is 9.48 Å². The van der Waals surface area contributed by atoms with Crippen LogP contribution in [0.5, 0.6) is 0 Å². The van der Waals surface area contributed by atoms with Gasteiger partial charge in [-0.1, -0.05) is 27.7 Å². The molecule has 0 aliphatic heterocycles. The highest BCUT2D eigenvalue weighted by atomic mass is 32.1.